The van der Waals surface area contributed by atoms with Crippen LogP contribution in [-0.4, -0.2) is 35.4 Å². The van der Waals surface area contributed by atoms with Crippen molar-refractivity contribution in [2.24, 2.45) is 0 Å². The molecule has 2 aromatic carbocycles. The van der Waals surface area contributed by atoms with E-state index in [1.807, 2.05) is 36.4 Å². The van der Waals surface area contributed by atoms with Gasteiger partial charge in [-0.25, -0.2) is 0 Å². The molecule has 8 heteroatoms. The highest BCUT2D eigenvalue weighted by molar-refractivity contribution is 7.15. The molecule has 0 atom stereocenters. The standard InChI is InChI=1S/C22H21N3O4S/c1-4-11-29-16-7-5-14(6-8-16)20-23-22-25(24-20)21(26)19(30-22)13-15-12-17(27-2)9-10-18(15)28-3/h5-10,12-13H,4,11H2,1-3H3. The van der Waals surface area contributed by atoms with E-state index in [0.29, 0.717) is 33.4 Å². The van der Waals surface area contributed by atoms with Crippen LogP contribution in [-0.2, 0) is 0 Å². The molecule has 0 saturated heterocycles. The van der Waals surface area contributed by atoms with E-state index in [2.05, 4.69) is 17.0 Å². The van der Waals surface area contributed by atoms with Gasteiger partial charge in [0.2, 0.25) is 4.96 Å². The highest BCUT2D eigenvalue weighted by Gasteiger charge is 2.13. The van der Waals surface area contributed by atoms with E-state index < -0.39 is 0 Å². The number of fused-ring (bicyclic) bond motifs is 1. The first-order valence-electron chi connectivity index (χ1n) is 9.49. The third-order valence-corrected chi connectivity index (χ3v) is 5.45. The lowest BCUT2D eigenvalue weighted by atomic mass is 10.2. The highest BCUT2D eigenvalue weighted by Crippen LogP contribution is 2.25. The number of thiazole rings is 1. The van der Waals surface area contributed by atoms with Gasteiger partial charge in [-0.2, -0.15) is 9.50 Å². The van der Waals surface area contributed by atoms with Crippen LogP contribution in [0.2, 0.25) is 0 Å². The van der Waals surface area contributed by atoms with E-state index in [9.17, 15) is 4.79 Å². The van der Waals surface area contributed by atoms with Gasteiger partial charge in [-0.05, 0) is 55.0 Å². The lowest BCUT2D eigenvalue weighted by Crippen LogP contribution is -2.23. The minimum atomic E-state index is -0.221. The van der Waals surface area contributed by atoms with Crippen molar-refractivity contribution in [1.29, 1.82) is 0 Å². The Hall–Kier alpha value is -3.39. The number of rotatable bonds is 7. The highest BCUT2D eigenvalue weighted by atomic mass is 32.1. The van der Waals surface area contributed by atoms with Crippen LogP contribution in [0.5, 0.6) is 17.2 Å². The average Bonchev–Trinajstić information content (AvgIpc) is 3.32. The van der Waals surface area contributed by atoms with Crippen molar-refractivity contribution in [2.45, 2.75) is 13.3 Å². The van der Waals surface area contributed by atoms with Crippen LogP contribution in [0.3, 0.4) is 0 Å². The molecule has 0 bridgehead atoms. The molecule has 7 nitrogen and oxygen atoms in total. The molecule has 154 valence electrons. The van der Waals surface area contributed by atoms with Crippen molar-refractivity contribution < 1.29 is 14.2 Å². The summed E-state index contributed by atoms with van der Waals surface area (Å²) in [5.41, 5.74) is 1.36. The Morgan fingerprint density at radius 2 is 1.83 bits per heavy atom. The largest absolute Gasteiger partial charge is 0.497 e. The molecule has 0 aliphatic heterocycles. The second-order valence-electron chi connectivity index (χ2n) is 6.53. The molecule has 0 fully saturated rings. The number of aromatic nitrogens is 3. The van der Waals surface area contributed by atoms with Crippen LogP contribution in [0.15, 0.2) is 47.3 Å². The average molecular weight is 423 g/mol. The van der Waals surface area contributed by atoms with Gasteiger partial charge in [0.05, 0.1) is 25.4 Å². The number of hydrogen-bond donors (Lipinski definition) is 0. The van der Waals surface area contributed by atoms with Gasteiger partial charge in [-0.1, -0.05) is 18.3 Å². The van der Waals surface area contributed by atoms with Gasteiger partial charge in [0.15, 0.2) is 5.82 Å². The molecule has 0 N–H and O–H groups in total. The van der Waals surface area contributed by atoms with Crippen LogP contribution in [0.1, 0.15) is 18.9 Å². The third-order valence-electron chi connectivity index (χ3n) is 4.49. The summed E-state index contributed by atoms with van der Waals surface area (Å²) in [6, 6.07) is 13.0. The summed E-state index contributed by atoms with van der Waals surface area (Å²) >= 11 is 1.28. The Balaban J connectivity index is 1.70. The summed E-state index contributed by atoms with van der Waals surface area (Å²) < 4.78 is 18.1. The molecular formula is C22H21N3O4S. The lowest BCUT2D eigenvalue weighted by molar-refractivity contribution is 0.317. The summed E-state index contributed by atoms with van der Waals surface area (Å²) in [7, 11) is 3.18. The van der Waals surface area contributed by atoms with E-state index in [4.69, 9.17) is 14.2 Å². The summed E-state index contributed by atoms with van der Waals surface area (Å²) in [6.07, 6.45) is 2.72. The van der Waals surface area contributed by atoms with Gasteiger partial charge in [0.1, 0.15) is 17.2 Å². The van der Waals surface area contributed by atoms with Crippen molar-refractivity contribution >= 4 is 22.4 Å². The quantitative estimate of drug-likeness (QED) is 0.455. The van der Waals surface area contributed by atoms with Crippen LogP contribution in [0, 0.1) is 0 Å². The Morgan fingerprint density at radius 3 is 2.50 bits per heavy atom. The van der Waals surface area contributed by atoms with E-state index in [-0.39, 0.29) is 5.56 Å². The Morgan fingerprint density at radius 1 is 1.07 bits per heavy atom. The fraction of sp³-hybridized carbons (Fsp3) is 0.227. The zero-order valence-corrected chi connectivity index (χ0v) is 17.7. The van der Waals surface area contributed by atoms with Crippen LogP contribution in [0.25, 0.3) is 22.4 Å². The maximum Gasteiger partial charge on any atom is 0.291 e. The molecular weight excluding hydrogens is 402 g/mol. The zero-order chi connectivity index (χ0) is 21.1. The molecule has 0 saturated carbocycles. The molecule has 0 unspecified atom stereocenters. The summed E-state index contributed by atoms with van der Waals surface area (Å²) in [5, 5.41) is 4.40. The first-order valence-corrected chi connectivity index (χ1v) is 10.3. The topological polar surface area (TPSA) is 75.0 Å². The Kier molecular flexibility index (Phi) is 5.67. The minimum absolute atomic E-state index is 0.221. The summed E-state index contributed by atoms with van der Waals surface area (Å²) in [4.78, 5) is 17.9. The van der Waals surface area contributed by atoms with E-state index in [0.717, 1.165) is 23.3 Å². The summed E-state index contributed by atoms with van der Waals surface area (Å²) in [6.45, 7) is 2.74. The van der Waals surface area contributed by atoms with E-state index >= 15 is 0 Å². The van der Waals surface area contributed by atoms with Gasteiger partial charge in [0, 0.05) is 11.1 Å². The SMILES string of the molecule is CCCOc1ccc(-c2nc3sc(=Cc4cc(OC)ccc4OC)c(=O)n3n2)cc1. The Bertz CT molecular complexity index is 1280. The molecule has 2 heterocycles. The van der Waals surface area contributed by atoms with Crippen molar-refractivity contribution in [1.82, 2.24) is 14.6 Å². The first kappa shape index (κ1) is 19.9. The maximum atomic E-state index is 12.9. The van der Waals surface area contributed by atoms with Gasteiger partial charge in [0.25, 0.3) is 5.56 Å². The molecule has 0 spiro atoms. The second kappa shape index (κ2) is 8.54. The van der Waals surface area contributed by atoms with Crippen molar-refractivity contribution in [3.8, 4) is 28.6 Å². The molecule has 4 aromatic rings. The van der Waals surface area contributed by atoms with Crippen molar-refractivity contribution in [3.05, 3.63) is 62.9 Å². The lowest BCUT2D eigenvalue weighted by Gasteiger charge is -2.06. The van der Waals surface area contributed by atoms with Crippen LogP contribution in [0.4, 0.5) is 0 Å². The smallest absolute Gasteiger partial charge is 0.291 e. The number of nitrogens with zero attached hydrogens (tertiary/aromatic N) is 3. The monoisotopic (exact) mass is 423 g/mol. The predicted molar refractivity (Wildman–Crippen MR) is 117 cm³/mol. The number of benzene rings is 2. The molecule has 0 aliphatic rings. The van der Waals surface area contributed by atoms with E-state index in [1.54, 1.807) is 26.4 Å². The fourth-order valence-electron chi connectivity index (χ4n) is 2.97. The fourth-order valence-corrected chi connectivity index (χ4v) is 3.87. The molecule has 2 aromatic heterocycles. The maximum absolute atomic E-state index is 12.9. The molecule has 0 aliphatic carbocycles. The van der Waals surface area contributed by atoms with Gasteiger partial charge in [-0.15, -0.1) is 5.10 Å². The van der Waals surface area contributed by atoms with E-state index in [1.165, 1.54) is 15.9 Å². The van der Waals surface area contributed by atoms with Gasteiger partial charge in [-0.3, -0.25) is 4.79 Å². The van der Waals surface area contributed by atoms with Crippen LogP contribution >= 0.6 is 11.3 Å². The zero-order valence-electron chi connectivity index (χ0n) is 16.9. The molecule has 0 amide bonds. The van der Waals surface area contributed by atoms with Gasteiger partial charge >= 0.3 is 0 Å². The number of hydrogen-bond acceptors (Lipinski definition) is 7. The normalized spacial score (nSPS) is 11.8. The van der Waals surface area contributed by atoms with Crippen molar-refractivity contribution in [3.63, 3.8) is 0 Å². The van der Waals surface area contributed by atoms with Gasteiger partial charge < -0.3 is 14.2 Å². The number of ether oxygens (including phenoxy) is 3. The van der Waals surface area contributed by atoms with Crippen molar-refractivity contribution in [2.75, 3.05) is 20.8 Å². The predicted octanol–water partition coefficient (Wildman–Crippen LogP) is 3.17. The first-order chi connectivity index (χ1) is 14.6. The number of methoxy groups -OCH3 is 2. The Labute approximate surface area is 177 Å². The minimum Gasteiger partial charge on any atom is -0.497 e. The second-order valence-corrected chi connectivity index (χ2v) is 7.54. The van der Waals surface area contributed by atoms with Crippen LogP contribution < -0.4 is 24.3 Å². The molecule has 30 heavy (non-hydrogen) atoms. The molecule has 0 radical (unpaired) electrons. The summed E-state index contributed by atoms with van der Waals surface area (Å²) in [5.74, 6) is 2.64. The molecule has 4 rings (SSSR count). The third kappa shape index (κ3) is 3.86.